The lowest BCUT2D eigenvalue weighted by molar-refractivity contribution is 0.103. The number of aryl methyl sites for hydroxylation is 2. The largest absolute Gasteiger partial charge is 0.486 e. The van der Waals surface area contributed by atoms with E-state index >= 15 is 0 Å². The van der Waals surface area contributed by atoms with Gasteiger partial charge in [0.05, 0.1) is 4.88 Å². The summed E-state index contributed by atoms with van der Waals surface area (Å²) in [6.07, 6.45) is 0.957. The molecule has 0 spiro atoms. The van der Waals surface area contributed by atoms with Crippen LogP contribution in [0.2, 0.25) is 0 Å². The highest BCUT2D eigenvalue weighted by Gasteiger charge is 2.13. The van der Waals surface area contributed by atoms with E-state index in [-0.39, 0.29) is 18.3 Å². The van der Waals surface area contributed by atoms with Crippen LogP contribution in [0.15, 0.2) is 35.7 Å². The van der Waals surface area contributed by atoms with Gasteiger partial charge in [0.2, 0.25) is 0 Å². The van der Waals surface area contributed by atoms with Crippen LogP contribution in [0.3, 0.4) is 0 Å². The number of halogens is 2. The molecule has 3 rings (SSSR count). The van der Waals surface area contributed by atoms with Gasteiger partial charge in [0.25, 0.3) is 5.91 Å². The number of aromatic nitrogens is 2. The molecule has 3 aromatic rings. The monoisotopic (exact) mass is 391 g/mol. The van der Waals surface area contributed by atoms with Gasteiger partial charge < -0.3 is 10.1 Å². The molecule has 1 N–H and O–H groups in total. The number of nitrogens with zero attached hydrogens (tertiary/aromatic N) is 2. The molecule has 5 nitrogen and oxygen atoms in total. The van der Waals surface area contributed by atoms with Crippen molar-refractivity contribution in [3.05, 3.63) is 63.5 Å². The minimum atomic E-state index is -0.763. The fourth-order valence-electron chi connectivity index (χ4n) is 2.51. The number of hydrogen-bond donors (Lipinski definition) is 1. The maximum absolute atomic E-state index is 13.6. The first kappa shape index (κ1) is 19.0. The van der Waals surface area contributed by atoms with Gasteiger partial charge in [-0.1, -0.05) is 6.92 Å². The number of benzene rings is 1. The molecule has 2 heterocycles. The Hall–Kier alpha value is -2.74. The molecule has 142 valence electrons. The van der Waals surface area contributed by atoms with E-state index in [0.29, 0.717) is 10.7 Å². The second kappa shape index (κ2) is 8.30. The van der Waals surface area contributed by atoms with E-state index in [1.54, 1.807) is 11.4 Å². The van der Waals surface area contributed by atoms with Crippen molar-refractivity contribution < 1.29 is 18.3 Å². The third-order valence-electron chi connectivity index (χ3n) is 3.82. The topological polar surface area (TPSA) is 56.2 Å². The molecular formula is C19H19F2N3O2S. The summed E-state index contributed by atoms with van der Waals surface area (Å²) in [6, 6.07) is 6.63. The molecule has 1 amide bonds. The molecule has 0 atom stereocenters. The summed E-state index contributed by atoms with van der Waals surface area (Å²) in [5, 5.41) is 8.90. The van der Waals surface area contributed by atoms with Crippen molar-refractivity contribution in [2.24, 2.45) is 0 Å². The first-order valence-electron chi connectivity index (χ1n) is 8.47. The Morgan fingerprint density at radius 3 is 2.85 bits per heavy atom. The Balaban J connectivity index is 1.61. The van der Waals surface area contributed by atoms with Crippen LogP contribution in [0.25, 0.3) is 0 Å². The van der Waals surface area contributed by atoms with Gasteiger partial charge in [-0.25, -0.2) is 8.78 Å². The van der Waals surface area contributed by atoms with Crippen LogP contribution in [0.5, 0.6) is 5.75 Å². The third kappa shape index (κ3) is 4.71. The molecule has 0 saturated carbocycles. The predicted octanol–water partition coefficient (Wildman–Crippen LogP) is 4.77. The van der Waals surface area contributed by atoms with Gasteiger partial charge in [-0.05, 0) is 36.9 Å². The van der Waals surface area contributed by atoms with E-state index in [4.69, 9.17) is 4.74 Å². The fraction of sp³-hybridized carbons (Fsp3) is 0.263. The van der Waals surface area contributed by atoms with Gasteiger partial charge in [0.15, 0.2) is 17.4 Å². The molecular weight excluding hydrogens is 372 g/mol. The highest BCUT2D eigenvalue weighted by molar-refractivity contribution is 7.12. The molecule has 8 heteroatoms. The Morgan fingerprint density at radius 1 is 1.30 bits per heavy atom. The van der Waals surface area contributed by atoms with Crippen molar-refractivity contribution in [2.75, 3.05) is 5.32 Å². The Kier molecular flexibility index (Phi) is 5.85. The van der Waals surface area contributed by atoms with Crippen molar-refractivity contribution in [3.8, 4) is 5.75 Å². The number of rotatable bonds is 7. The van der Waals surface area contributed by atoms with E-state index in [1.807, 2.05) is 17.7 Å². The fourth-order valence-corrected chi connectivity index (χ4v) is 3.30. The number of anilines is 1. The van der Waals surface area contributed by atoms with Crippen molar-refractivity contribution in [3.63, 3.8) is 0 Å². The zero-order valence-electron chi connectivity index (χ0n) is 15.0. The summed E-state index contributed by atoms with van der Waals surface area (Å²) in [5.41, 5.74) is 1.70. The van der Waals surface area contributed by atoms with Crippen LogP contribution in [0, 0.1) is 18.6 Å². The standard InChI is InChI=1S/C19H19F2N3O2S/c1-3-6-24-12(2)7-18(23-24)22-19(25)17-8-13(11-27-17)10-26-16-5-4-14(20)9-15(16)21/h4-5,7-9,11H,3,6,10H2,1-2H3,(H,22,23,25). The molecule has 27 heavy (non-hydrogen) atoms. The van der Waals surface area contributed by atoms with Crippen molar-refractivity contribution in [1.82, 2.24) is 9.78 Å². The predicted molar refractivity (Wildman–Crippen MR) is 100 cm³/mol. The Bertz CT molecular complexity index is 952. The molecule has 0 aliphatic heterocycles. The highest BCUT2D eigenvalue weighted by Crippen LogP contribution is 2.22. The lowest BCUT2D eigenvalue weighted by Crippen LogP contribution is -2.11. The van der Waals surface area contributed by atoms with Crippen LogP contribution < -0.4 is 10.1 Å². The van der Waals surface area contributed by atoms with E-state index < -0.39 is 11.6 Å². The Morgan fingerprint density at radius 2 is 2.11 bits per heavy atom. The molecule has 0 saturated heterocycles. The van der Waals surface area contributed by atoms with E-state index in [2.05, 4.69) is 17.3 Å². The quantitative estimate of drug-likeness (QED) is 0.631. The molecule has 0 unspecified atom stereocenters. The molecule has 0 fully saturated rings. The number of amides is 1. The number of carbonyl (C=O) groups is 1. The number of nitrogens with one attached hydrogen (secondary N) is 1. The van der Waals surface area contributed by atoms with Crippen LogP contribution in [-0.4, -0.2) is 15.7 Å². The summed E-state index contributed by atoms with van der Waals surface area (Å²) < 4.78 is 33.7. The lowest BCUT2D eigenvalue weighted by Gasteiger charge is -2.05. The number of carbonyl (C=O) groups excluding carboxylic acids is 1. The average molecular weight is 391 g/mol. The van der Waals surface area contributed by atoms with Crippen molar-refractivity contribution >= 4 is 23.1 Å². The summed E-state index contributed by atoms with van der Waals surface area (Å²) in [5.74, 6) is -1.22. The van der Waals surface area contributed by atoms with Crippen LogP contribution in [-0.2, 0) is 13.2 Å². The van der Waals surface area contributed by atoms with Gasteiger partial charge in [0.1, 0.15) is 12.4 Å². The maximum Gasteiger partial charge on any atom is 0.266 e. The zero-order chi connectivity index (χ0) is 19.4. The summed E-state index contributed by atoms with van der Waals surface area (Å²) in [4.78, 5) is 12.9. The van der Waals surface area contributed by atoms with E-state index in [9.17, 15) is 13.6 Å². The number of thiophene rings is 1. The van der Waals surface area contributed by atoms with Gasteiger partial charge in [-0.15, -0.1) is 11.3 Å². The second-order valence-electron chi connectivity index (χ2n) is 6.03. The van der Waals surface area contributed by atoms with Crippen LogP contribution >= 0.6 is 11.3 Å². The third-order valence-corrected chi connectivity index (χ3v) is 4.80. The van der Waals surface area contributed by atoms with Gasteiger partial charge >= 0.3 is 0 Å². The Labute approximate surface area is 159 Å². The lowest BCUT2D eigenvalue weighted by atomic mass is 10.3. The summed E-state index contributed by atoms with van der Waals surface area (Å²) >= 11 is 1.26. The number of ether oxygens (including phenoxy) is 1. The first-order chi connectivity index (χ1) is 13.0. The SMILES string of the molecule is CCCn1nc(NC(=O)c2cc(COc3ccc(F)cc3F)cs2)cc1C. The van der Waals surface area contributed by atoms with Crippen LogP contribution in [0.1, 0.15) is 34.3 Å². The molecule has 0 aliphatic rings. The molecule has 0 aliphatic carbocycles. The maximum atomic E-state index is 13.6. The van der Waals surface area contributed by atoms with E-state index in [1.165, 1.54) is 17.4 Å². The van der Waals surface area contributed by atoms with Gasteiger partial charge in [-0.3, -0.25) is 9.48 Å². The van der Waals surface area contributed by atoms with Gasteiger partial charge in [-0.2, -0.15) is 5.10 Å². The van der Waals surface area contributed by atoms with Crippen molar-refractivity contribution in [1.29, 1.82) is 0 Å². The normalized spacial score (nSPS) is 10.8. The smallest absolute Gasteiger partial charge is 0.266 e. The molecule has 1 aromatic carbocycles. The molecule has 2 aromatic heterocycles. The average Bonchev–Trinajstić information content (AvgIpc) is 3.22. The van der Waals surface area contributed by atoms with E-state index in [0.717, 1.165) is 36.4 Å². The summed E-state index contributed by atoms with van der Waals surface area (Å²) in [7, 11) is 0. The first-order valence-corrected chi connectivity index (χ1v) is 9.35. The van der Waals surface area contributed by atoms with Gasteiger partial charge in [0, 0.05) is 29.9 Å². The van der Waals surface area contributed by atoms with Crippen LogP contribution in [0.4, 0.5) is 14.6 Å². The second-order valence-corrected chi connectivity index (χ2v) is 6.94. The molecule has 0 bridgehead atoms. The number of hydrogen-bond acceptors (Lipinski definition) is 4. The molecule has 0 radical (unpaired) electrons. The minimum absolute atomic E-state index is 0.0365. The van der Waals surface area contributed by atoms with Crippen molar-refractivity contribution in [2.45, 2.75) is 33.4 Å². The minimum Gasteiger partial charge on any atom is -0.486 e. The zero-order valence-corrected chi connectivity index (χ0v) is 15.8. The highest BCUT2D eigenvalue weighted by atomic mass is 32.1. The summed E-state index contributed by atoms with van der Waals surface area (Å²) in [6.45, 7) is 4.87.